The molecule has 0 atom stereocenters. The molecule has 0 unspecified atom stereocenters. The molecule has 0 radical (unpaired) electrons. The van der Waals surface area contributed by atoms with Crippen LogP contribution in [0, 0.1) is 13.8 Å². The fourth-order valence-electron chi connectivity index (χ4n) is 3.46. The maximum atomic E-state index is 4.57. The van der Waals surface area contributed by atoms with E-state index >= 15 is 0 Å². The molecule has 0 saturated heterocycles. The summed E-state index contributed by atoms with van der Waals surface area (Å²) in [6.45, 7) is 6.29. The van der Waals surface area contributed by atoms with E-state index in [2.05, 4.69) is 46.1 Å². The Labute approximate surface area is 125 Å². The Bertz CT molecular complexity index is 649. The summed E-state index contributed by atoms with van der Waals surface area (Å²) < 4.78 is 0. The van der Waals surface area contributed by atoms with E-state index < -0.39 is 0 Å². The van der Waals surface area contributed by atoms with Crippen molar-refractivity contribution in [3.05, 3.63) is 40.5 Å². The van der Waals surface area contributed by atoms with E-state index in [1.165, 1.54) is 35.5 Å². The third-order valence-electron chi connectivity index (χ3n) is 4.64. The van der Waals surface area contributed by atoms with Crippen LogP contribution in [0.25, 0.3) is 0 Å². The average Bonchev–Trinajstić information content (AvgIpc) is 3.23. The first-order chi connectivity index (χ1) is 10.2. The SMILES string of the molecule is Cc1cc(N2CCc3[nH]nc(C4CC4)c3CC2)cc(C)n1. The summed E-state index contributed by atoms with van der Waals surface area (Å²) in [5.41, 5.74) is 7.74. The van der Waals surface area contributed by atoms with Gasteiger partial charge in [-0.2, -0.15) is 5.10 Å². The Morgan fingerprint density at radius 2 is 1.81 bits per heavy atom. The fourth-order valence-corrected chi connectivity index (χ4v) is 3.46. The zero-order chi connectivity index (χ0) is 14.4. The molecule has 1 aliphatic heterocycles. The van der Waals surface area contributed by atoms with Crippen LogP contribution in [0.1, 0.15) is 47.1 Å². The van der Waals surface area contributed by atoms with Gasteiger partial charge in [-0.15, -0.1) is 0 Å². The molecule has 2 aliphatic rings. The summed E-state index contributed by atoms with van der Waals surface area (Å²) in [6.07, 6.45) is 4.82. The predicted molar refractivity (Wildman–Crippen MR) is 83.9 cm³/mol. The number of hydrogen-bond donors (Lipinski definition) is 1. The third kappa shape index (κ3) is 2.43. The van der Waals surface area contributed by atoms with Gasteiger partial charge in [0.1, 0.15) is 0 Å². The molecule has 0 amide bonds. The monoisotopic (exact) mass is 282 g/mol. The normalized spacial score (nSPS) is 18.5. The molecular formula is C17H22N4. The maximum absolute atomic E-state index is 4.57. The highest BCUT2D eigenvalue weighted by Crippen LogP contribution is 2.41. The maximum Gasteiger partial charge on any atom is 0.0688 e. The number of aromatic amines is 1. The van der Waals surface area contributed by atoms with Crippen LogP contribution >= 0.6 is 0 Å². The zero-order valence-electron chi connectivity index (χ0n) is 12.8. The smallest absolute Gasteiger partial charge is 0.0688 e. The average molecular weight is 282 g/mol. The topological polar surface area (TPSA) is 44.8 Å². The molecule has 110 valence electrons. The lowest BCUT2D eigenvalue weighted by atomic mass is 10.1. The number of hydrogen-bond acceptors (Lipinski definition) is 3. The van der Waals surface area contributed by atoms with Crippen LogP contribution in [0.3, 0.4) is 0 Å². The molecular weight excluding hydrogens is 260 g/mol. The summed E-state index contributed by atoms with van der Waals surface area (Å²) in [5.74, 6) is 0.738. The highest BCUT2D eigenvalue weighted by atomic mass is 15.2. The Morgan fingerprint density at radius 1 is 1.10 bits per heavy atom. The number of aromatic nitrogens is 3. The molecule has 4 heteroatoms. The molecule has 4 nitrogen and oxygen atoms in total. The lowest BCUT2D eigenvalue weighted by Crippen LogP contribution is -2.26. The van der Waals surface area contributed by atoms with E-state index in [9.17, 15) is 0 Å². The minimum absolute atomic E-state index is 0.738. The summed E-state index contributed by atoms with van der Waals surface area (Å²) in [7, 11) is 0. The minimum Gasteiger partial charge on any atom is -0.371 e. The van der Waals surface area contributed by atoms with Gasteiger partial charge in [0.2, 0.25) is 0 Å². The molecule has 0 bridgehead atoms. The highest BCUT2D eigenvalue weighted by molar-refractivity contribution is 5.49. The van der Waals surface area contributed by atoms with E-state index in [4.69, 9.17) is 0 Å². The number of anilines is 1. The van der Waals surface area contributed by atoms with E-state index in [1.54, 1.807) is 0 Å². The van der Waals surface area contributed by atoms with Crippen molar-refractivity contribution in [3.8, 4) is 0 Å². The van der Waals surface area contributed by atoms with Crippen LogP contribution in [0.4, 0.5) is 5.69 Å². The predicted octanol–water partition coefficient (Wildman–Crippen LogP) is 2.90. The number of nitrogens with zero attached hydrogens (tertiary/aromatic N) is 3. The Kier molecular flexibility index (Phi) is 2.98. The highest BCUT2D eigenvalue weighted by Gasteiger charge is 2.31. The first-order valence-corrected chi connectivity index (χ1v) is 7.97. The van der Waals surface area contributed by atoms with Gasteiger partial charge in [0.15, 0.2) is 0 Å². The van der Waals surface area contributed by atoms with Gasteiger partial charge in [0, 0.05) is 48.2 Å². The summed E-state index contributed by atoms with van der Waals surface area (Å²) in [5, 5.41) is 7.87. The lowest BCUT2D eigenvalue weighted by molar-refractivity contribution is 0.782. The molecule has 0 spiro atoms. The Morgan fingerprint density at radius 3 is 2.52 bits per heavy atom. The largest absolute Gasteiger partial charge is 0.371 e. The van der Waals surface area contributed by atoms with E-state index in [-0.39, 0.29) is 0 Å². The molecule has 2 aromatic heterocycles. The van der Waals surface area contributed by atoms with Gasteiger partial charge < -0.3 is 4.90 Å². The van der Waals surface area contributed by atoms with Gasteiger partial charge in [0.25, 0.3) is 0 Å². The number of pyridine rings is 1. The van der Waals surface area contributed by atoms with Crippen LogP contribution in [-0.2, 0) is 12.8 Å². The van der Waals surface area contributed by atoms with E-state index in [0.29, 0.717) is 0 Å². The Hall–Kier alpha value is -1.84. The second-order valence-corrected chi connectivity index (χ2v) is 6.44. The van der Waals surface area contributed by atoms with Crippen molar-refractivity contribution in [2.24, 2.45) is 0 Å². The summed E-state index contributed by atoms with van der Waals surface area (Å²) in [4.78, 5) is 6.98. The molecule has 21 heavy (non-hydrogen) atoms. The van der Waals surface area contributed by atoms with Crippen LogP contribution in [-0.4, -0.2) is 28.3 Å². The van der Waals surface area contributed by atoms with Gasteiger partial charge in [-0.3, -0.25) is 10.1 Å². The number of aryl methyl sites for hydroxylation is 2. The van der Waals surface area contributed by atoms with Crippen LogP contribution < -0.4 is 4.90 Å². The van der Waals surface area contributed by atoms with Crippen molar-refractivity contribution in [2.75, 3.05) is 18.0 Å². The van der Waals surface area contributed by atoms with Gasteiger partial charge >= 0.3 is 0 Å². The van der Waals surface area contributed by atoms with Crippen molar-refractivity contribution in [1.82, 2.24) is 15.2 Å². The second-order valence-electron chi connectivity index (χ2n) is 6.44. The standard InChI is InChI=1S/C17H22N4/c1-11-9-14(10-12(2)18-11)21-7-5-15-16(6-8-21)19-20-17(15)13-3-4-13/h9-10,13H,3-8H2,1-2H3,(H,19,20). The van der Waals surface area contributed by atoms with Crippen molar-refractivity contribution in [2.45, 2.75) is 45.4 Å². The van der Waals surface area contributed by atoms with Crippen molar-refractivity contribution >= 4 is 5.69 Å². The molecule has 1 N–H and O–H groups in total. The molecule has 2 aromatic rings. The molecule has 1 aliphatic carbocycles. The summed E-state index contributed by atoms with van der Waals surface area (Å²) in [6, 6.07) is 4.40. The zero-order valence-corrected chi connectivity index (χ0v) is 12.8. The van der Waals surface area contributed by atoms with Crippen molar-refractivity contribution < 1.29 is 0 Å². The van der Waals surface area contributed by atoms with Crippen LogP contribution in [0.5, 0.6) is 0 Å². The van der Waals surface area contributed by atoms with Gasteiger partial charge in [-0.1, -0.05) is 0 Å². The quantitative estimate of drug-likeness (QED) is 0.921. The number of nitrogens with one attached hydrogen (secondary N) is 1. The number of fused-ring (bicyclic) bond motifs is 1. The fraction of sp³-hybridized carbons (Fsp3) is 0.529. The second kappa shape index (κ2) is 4.86. The molecule has 0 aromatic carbocycles. The van der Waals surface area contributed by atoms with Crippen LogP contribution in [0.15, 0.2) is 12.1 Å². The first-order valence-electron chi connectivity index (χ1n) is 7.97. The van der Waals surface area contributed by atoms with Gasteiger partial charge in [-0.05, 0) is 50.8 Å². The van der Waals surface area contributed by atoms with Crippen LogP contribution in [0.2, 0.25) is 0 Å². The minimum atomic E-state index is 0.738. The molecule has 3 heterocycles. The first kappa shape index (κ1) is 12.9. The van der Waals surface area contributed by atoms with Crippen molar-refractivity contribution in [1.29, 1.82) is 0 Å². The van der Waals surface area contributed by atoms with Gasteiger partial charge in [0.05, 0.1) is 5.69 Å². The third-order valence-corrected chi connectivity index (χ3v) is 4.64. The number of rotatable bonds is 2. The molecule has 4 rings (SSSR count). The molecule has 1 fully saturated rings. The van der Waals surface area contributed by atoms with Gasteiger partial charge in [-0.25, -0.2) is 0 Å². The van der Waals surface area contributed by atoms with E-state index in [1.807, 2.05) is 0 Å². The molecule has 1 saturated carbocycles. The number of H-pyrrole nitrogens is 1. The lowest BCUT2D eigenvalue weighted by Gasteiger charge is -2.23. The summed E-state index contributed by atoms with van der Waals surface area (Å²) >= 11 is 0. The Balaban J connectivity index is 1.58. The van der Waals surface area contributed by atoms with Crippen molar-refractivity contribution in [3.63, 3.8) is 0 Å². The van der Waals surface area contributed by atoms with E-state index in [0.717, 1.165) is 43.2 Å².